The number of alkyl halides is 3. The van der Waals surface area contributed by atoms with Gasteiger partial charge in [0.25, 0.3) is 0 Å². The van der Waals surface area contributed by atoms with Gasteiger partial charge in [0.15, 0.2) is 0 Å². The SMILES string of the molecule is FC(F)(F)c1ccc2c(c1)nc(CC1CCCC1)n2C[C@@H]1CCCN2CCCC[C@H]12. The smallest absolute Gasteiger partial charge is 0.328 e. The maximum Gasteiger partial charge on any atom is 0.416 e. The Kier molecular flexibility index (Phi) is 5.55. The van der Waals surface area contributed by atoms with E-state index < -0.39 is 11.7 Å². The zero-order valence-corrected chi connectivity index (χ0v) is 17.6. The van der Waals surface area contributed by atoms with Crippen molar-refractivity contribution in [1.82, 2.24) is 14.5 Å². The molecule has 0 radical (unpaired) electrons. The molecule has 1 aromatic heterocycles. The van der Waals surface area contributed by atoms with Crippen LogP contribution in [0.15, 0.2) is 18.2 Å². The largest absolute Gasteiger partial charge is 0.416 e. The van der Waals surface area contributed by atoms with E-state index in [0.29, 0.717) is 23.4 Å². The van der Waals surface area contributed by atoms with Crippen molar-refractivity contribution in [3.8, 4) is 0 Å². The van der Waals surface area contributed by atoms with Gasteiger partial charge in [-0.25, -0.2) is 4.98 Å². The second-order valence-electron chi connectivity index (χ2n) is 9.70. The third kappa shape index (κ3) is 4.00. The highest BCUT2D eigenvalue weighted by Crippen LogP contribution is 2.36. The number of aromatic nitrogens is 2. The number of halogens is 3. The van der Waals surface area contributed by atoms with E-state index in [1.165, 1.54) is 83.0 Å². The Morgan fingerprint density at radius 2 is 1.70 bits per heavy atom. The van der Waals surface area contributed by atoms with Crippen LogP contribution in [0.2, 0.25) is 0 Å². The molecule has 0 bridgehead atoms. The van der Waals surface area contributed by atoms with E-state index in [2.05, 4.69) is 9.47 Å². The first kappa shape index (κ1) is 20.3. The summed E-state index contributed by atoms with van der Waals surface area (Å²) >= 11 is 0. The van der Waals surface area contributed by atoms with Crippen molar-refractivity contribution in [1.29, 1.82) is 0 Å². The maximum atomic E-state index is 13.3. The van der Waals surface area contributed by atoms with Crippen LogP contribution in [0.25, 0.3) is 11.0 Å². The first-order valence-corrected chi connectivity index (χ1v) is 11.8. The van der Waals surface area contributed by atoms with Gasteiger partial charge in [0.05, 0.1) is 16.6 Å². The predicted octanol–water partition coefficient (Wildman–Crippen LogP) is 6.05. The standard InChI is InChI=1S/C24H32F3N3/c25-24(26,27)19-10-11-22-20(15-19)28-23(14-17-6-1-2-7-17)30(22)16-18-8-5-13-29-12-4-3-9-21(18)29/h10-11,15,17-18,21H,1-9,12-14,16H2/t18-,21+/m0/s1. The van der Waals surface area contributed by atoms with Gasteiger partial charge in [-0.3, -0.25) is 0 Å². The minimum absolute atomic E-state index is 0.508. The monoisotopic (exact) mass is 419 g/mol. The minimum Gasteiger partial charge on any atom is -0.328 e. The molecule has 3 heterocycles. The summed E-state index contributed by atoms with van der Waals surface area (Å²) in [6.07, 6.45) is 7.84. The molecular weight excluding hydrogens is 387 g/mol. The summed E-state index contributed by atoms with van der Waals surface area (Å²) in [6, 6.07) is 4.76. The van der Waals surface area contributed by atoms with Crippen LogP contribution in [-0.4, -0.2) is 33.6 Å². The Bertz CT molecular complexity index is 880. The topological polar surface area (TPSA) is 21.1 Å². The lowest BCUT2D eigenvalue weighted by atomic mass is 9.83. The Labute approximate surface area is 176 Å². The number of hydrogen-bond acceptors (Lipinski definition) is 2. The number of rotatable bonds is 4. The van der Waals surface area contributed by atoms with Crippen molar-refractivity contribution in [3.63, 3.8) is 0 Å². The second-order valence-corrected chi connectivity index (χ2v) is 9.70. The summed E-state index contributed by atoms with van der Waals surface area (Å²) in [5.41, 5.74) is 0.793. The fourth-order valence-electron chi connectivity index (χ4n) is 6.21. The number of benzene rings is 1. The molecule has 0 N–H and O–H groups in total. The highest BCUT2D eigenvalue weighted by Gasteiger charge is 2.35. The van der Waals surface area contributed by atoms with Crippen molar-refractivity contribution in [2.45, 2.75) is 83.0 Å². The fourth-order valence-corrected chi connectivity index (χ4v) is 6.21. The van der Waals surface area contributed by atoms with Gasteiger partial charge >= 0.3 is 6.18 Å². The molecule has 2 saturated heterocycles. The molecule has 1 aliphatic carbocycles. The Morgan fingerprint density at radius 3 is 2.50 bits per heavy atom. The third-order valence-electron chi connectivity index (χ3n) is 7.75. The third-order valence-corrected chi connectivity index (χ3v) is 7.75. The summed E-state index contributed by atoms with van der Waals surface area (Å²) in [5.74, 6) is 2.20. The fraction of sp³-hybridized carbons (Fsp3) is 0.708. The molecule has 1 aromatic carbocycles. The lowest BCUT2D eigenvalue weighted by Gasteiger charge is -2.44. The molecule has 0 spiro atoms. The zero-order chi connectivity index (χ0) is 20.7. The highest BCUT2D eigenvalue weighted by atomic mass is 19.4. The number of piperidine rings is 2. The molecule has 164 valence electrons. The second kappa shape index (κ2) is 8.18. The van der Waals surface area contributed by atoms with Crippen molar-refractivity contribution >= 4 is 11.0 Å². The van der Waals surface area contributed by atoms with E-state index in [-0.39, 0.29) is 0 Å². The normalized spacial score (nSPS) is 26.4. The Balaban J connectivity index is 1.49. The van der Waals surface area contributed by atoms with Crippen molar-refractivity contribution in [2.24, 2.45) is 11.8 Å². The number of fused-ring (bicyclic) bond motifs is 2. The van der Waals surface area contributed by atoms with Crippen LogP contribution in [0.3, 0.4) is 0 Å². The van der Waals surface area contributed by atoms with Crippen molar-refractivity contribution < 1.29 is 13.2 Å². The first-order valence-electron chi connectivity index (χ1n) is 11.8. The molecule has 2 atom stereocenters. The summed E-state index contributed by atoms with van der Waals surface area (Å²) < 4.78 is 42.1. The van der Waals surface area contributed by atoms with E-state index in [9.17, 15) is 13.2 Å². The van der Waals surface area contributed by atoms with E-state index in [1.807, 2.05) is 0 Å². The van der Waals surface area contributed by atoms with Crippen LogP contribution >= 0.6 is 0 Å². The molecule has 5 rings (SSSR count). The van der Waals surface area contributed by atoms with Gasteiger partial charge in [-0.05, 0) is 68.8 Å². The van der Waals surface area contributed by atoms with Gasteiger partial charge in [-0.1, -0.05) is 32.1 Å². The quantitative estimate of drug-likeness (QED) is 0.601. The molecule has 6 heteroatoms. The van der Waals surface area contributed by atoms with Gasteiger partial charge in [-0.2, -0.15) is 13.2 Å². The van der Waals surface area contributed by atoms with Crippen LogP contribution in [0.4, 0.5) is 13.2 Å². The molecule has 2 aromatic rings. The molecule has 30 heavy (non-hydrogen) atoms. The van der Waals surface area contributed by atoms with E-state index >= 15 is 0 Å². The highest BCUT2D eigenvalue weighted by molar-refractivity contribution is 5.77. The number of nitrogens with zero attached hydrogens (tertiary/aromatic N) is 3. The molecule has 0 unspecified atom stereocenters. The van der Waals surface area contributed by atoms with Crippen molar-refractivity contribution in [2.75, 3.05) is 13.1 Å². The Morgan fingerprint density at radius 1 is 0.933 bits per heavy atom. The van der Waals surface area contributed by atoms with E-state index in [4.69, 9.17) is 4.98 Å². The average molecular weight is 420 g/mol. The minimum atomic E-state index is -4.32. The van der Waals surface area contributed by atoms with E-state index in [0.717, 1.165) is 24.3 Å². The van der Waals surface area contributed by atoms with Gasteiger partial charge < -0.3 is 9.47 Å². The summed E-state index contributed by atoms with van der Waals surface area (Å²) in [6.45, 7) is 3.30. The Hall–Kier alpha value is -1.56. The predicted molar refractivity (Wildman–Crippen MR) is 112 cm³/mol. The van der Waals surface area contributed by atoms with Gasteiger partial charge in [0, 0.05) is 19.0 Å². The first-order chi connectivity index (χ1) is 14.5. The van der Waals surface area contributed by atoms with Crippen LogP contribution in [0, 0.1) is 11.8 Å². The summed E-state index contributed by atoms with van der Waals surface area (Å²) in [5, 5.41) is 0. The molecular formula is C24H32F3N3. The van der Waals surface area contributed by atoms with Crippen LogP contribution in [0.5, 0.6) is 0 Å². The van der Waals surface area contributed by atoms with Crippen LogP contribution in [0.1, 0.15) is 69.2 Å². The molecule has 1 saturated carbocycles. The van der Waals surface area contributed by atoms with Gasteiger partial charge in [0.2, 0.25) is 0 Å². The average Bonchev–Trinajstić information content (AvgIpc) is 3.36. The zero-order valence-electron chi connectivity index (χ0n) is 17.6. The lowest BCUT2D eigenvalue weighted by Crippen LogP contribution is -2.49. The number of imidazole rings is 1. The molecule has 0 amide bonds. The lowest BCUT2D eigenvalue weighted by molar-refractivity contribution is -0.137. The summed E-state index contributed by atoms with van der Waals surface area (Å²) in [7, 11) is 0. The molecule has 3 nitrogen and oxygen atoms in total. The van der Waals surface area contributed by atoms with Gasteiger partial charge in [0.1, 0.15) is 5.82 Å². The van der Waals surface area contributed by atoms with E-state index in [1.54, 1.807) is 6.07 Å². The number of hydrogen-bond donors (Lipinski definition) is 0. The maximum absolute atomic E-state index is 13.3. The molecule has 3 fully saturated rings. The van der Waals surface area contributed by atoms with Crippen LogP contribution in [-0.2, 0) is 19.1 Å². The molecule has 3 aliphatic rings. The van der Waals surface area contributed by atoms with Crippen molar-refractivity contribution in [3.05, 3.63) is 29.6 Å². The molecule has 2 aliphatic heterocycles. The summed E-state index contributed by atoms with van der Waals surface area (Å²) in [4.78, 5) is 7.43. The van der Waals surface area contributed by atoms with Crippen LogP contribution < -0.4 is 0 Å². The van der Waals surface area contributed by atoms with Gasteiger partial charge in [-0.15, -0.1) is 0 Å².